The van der Waals surface area contributed by atoms with Crippen LogP contribution in [0.25, 0.3) is 0 Å². The predicted octanol–water partition coefficient (Wildman–Crippen LogP) is 2.99. The van der Waals surface area contributed by atoms with E-state index < -0.39 is 4.92 Å². The highest BCUT2D eigenvalue weighted by Crippen LogP contribution is 2.20. The molecule has 0 radical (unpaired) electrons. The summed E-state index contributed by atoms with van der Waals surface area (Å²) in [6.45, 7) is 1.18. The number of para-hydroxylation sites is 1. The number of nitro benzene ring substituents is 1. The molecule has 0 aliphatic heterocycles. The van der Waals surface area contributed by atoms with Crippen molar-refractivity contribution in [3.63, 3.8) is 0 Å². The Morgan fingerprint density at radius 1 is 1.26 bits per heavy atom. The molecule has 1 fully saturated rings. The highest BCUT2D eigenvalue weighted by Gasteiger charge is 2.15. The Balaban J connectivity index is 1.64. The summed E-state index contributed by atoms with van der Waals surface area (Å²) in [6, 6.07) is 6.33. The van der Waals surface area contributed by atoms with Crippen molar-refractivity contribution in [3.8, 4) is 0 Å². The number of carbonyl (C=O) groups excluding carboxylic acids is 1. The fourth-order valence-corrected chi connectivity index (χ4v) is 2.86. The van der Waals surface area contributed by atoms with Gasteiger partial charge in [0.15, 0.2) is 0 Å². The number of benzene rings is 1. The van der Waals surface area contributed by atoms with E-state index in [1.54, 1.807) is 18.2 Å². The topological polar surface area (TPSA) is 81.5 Å². The van der Waals surface area contributed by atoms with E-state index in [0.29, 0.717) is 24.8 Å². The number of nitro groups is 1. The molecule has 0 aromatic heterocycles. The van der Waals surface area contributed by atoms with E-state index in [4.69, 9.17) is 4.74 Å². The van der Waals surface area contributed by atoms with Gasteiger partial charge in [0.2, 0.25) is 5.91 Å². The molecule has 1 aromatic carbocycles. The smallest absolute Gasteiger partial charge is 0.273 e. The summed E-state index contributed by atoms with van der Waals surface area (Å²) in [7, 11) is 0. The van der Waals surface area contributed by atoms with Crippen LogP contribution in [0, 0.1) is 10.1 Å². The van der Waals surface area contributed by atoms with Crippen LogP contribution >= 0.6 is 0 Å². The van der Waals surface area contributed by atoms with Crippen LogP contribution < -0.4 is 5.32 Å². The molecule has 23 heavy (non-hydrogen) atoms. The Bertz CT molecular complexity index is 527. The van der Waals surface area contributed by atoms with Gasteiger partial charge in [0, 0.05) is 24.8 Å². The number of nitrogens with zero attached hydrogens (tertiary/aromatic N) is 1. The lowest BCUT2D eigenvalue weighted by atomic mass is 9.98. The lowest BCUT2D eigenvalue weighted by molar-refractivity contribution is -0.385. The standard InChI is InChI=1S/C17H24N2O4/c20-17(13-14-7-4-5-10-16(14)19(21)22)18-11-6-12-23-15-8-2-1-3-9-15/h4-5,7,10,15H,1-3,6,8-9,11-13H2,(H,18,20). The number of carbonyl (C=O) groups is 1. The zero-order chi connectivity index (χ0) is 16.5. The molecule has 1 N–H and O–H groups in total. The number of hydrogen-bond acceptors (Lipinski definition) is 4. The maximum Gasteiger partial charge on any atom is 0.273 e. The van der Waals surface area contributed by atoms with Crippen molar-refractivity contribution in [1.29, 1.82) is 0 Å². The fourth-order valence-electron chi connectivity index (χ4n) is 2.86. The Morgan fingerprint density at radius 2 is 2.00 bits per heavy atom. The average molecular weight is 320 g/mol. The third-order valence-corrected chi connectivity index (χ3v) is 4.09. The minimum absolute atomic E-state index is 0.0109. The molecular formula is C17H24N2O4. The lowest BCUT2D eigenvalue weighted by Gasteiger charge is -2.21. The zero-order valence-corrected chi connectivity index (χ0v) is 13.3. The number of ether oxygens (including phenoxy) is 1. The van der Waals surface area contributed by atoms with E-state index in [2.05, 4.69) is 5.32 Å². The fraction of sp³-hybridized carbons (Fsp3) is 0.588. The van der Waals surface area contributed by atoms with Crippen LogP contribution in [-0.4, -0.2) is 30.1 Å². The second-order valence-corrected chi connectivity index (χ2v) is 5.90. The quantitative estimate of drug-likeness (QED) is 0.453. The number of nitrogens with one attached hydrogen (secondary N) is 1. The summed E-state index contributed by atoms with van der Waals surface area (Å²) in [4.78, 5) is 22.3. The Kier molecular flexibility index (Phi) is 7.00. The lowest BCUT2D eigenvalue weighted by Crippen LogP contribution is -2.27. The second-order valence-electron chi connectivity index (χ2n) is 5.90. The van der Waals surface area contributed by atoms with Crippen LogP contribution in [0.3, 0.4) is 0 Å². The molecule has 6 nitrogen and oxygen atoms in total. The summed E-state index contributed by atoms with van der Waals surface area (Å²) >= 11 is 0. The summed E-state index contributed by atoms with van der Waals surface area (Å²) in [6.07, 6.45) is 7.26. The summed E-state index contributed by atoms with van der Waals surface area (Å²) in [5.41, 5.74) is 0.428. The molecule has 1 aliphatic rings. The van der Waals surface area contributed by atoms with Gasteiger partial charge >= 0.3 is 0 Å². The monoisotopic (exact) mass is 320 g/mol. The first-order valence-electron chi connectivity index (χ1n) is 8.27. The maximum absolute atomic E-state index is 11.9. The van der Waals surface area contributed by atoms with E-state index in [0.717, 1.165) is 19.3 Å². The Morgan fingerprint density at radius 3 is 2.74 bits per heavy atom. The molecular weight excluding hydrogens is 296 g/mol. The number of hydrogen-bond donors (Lipinski definition) is 1. The van der Waals surface area contributed by atoms with Crippen molar-refractivity contribution >= 4 is 11.6 Å². The van der Waals surface area contributed by atoms with Crippen molar-refractivity contribution < 1.29 is 14.5 Å². The third-order valence-electron chi connectivity index (χ3n) is 4.09. The molecule has 1 aromatic rings. The van der Waals surface area contributed by atoms with Crippen molar-refractivity contribution in [2.75, 3.05) is 13.2 Å². The molecule has 1 aliphatic carbocycles. The Hall–Kier alpha value is -1.95. The first-order valence-corrected chi connectivity index (χ1v) is 8.27. The van der Waals surface area contributed by atoms with Gasteiger partial charge in [-0.05, 0) is 19.3 Å². The number of amides is 1. The van der Waals surface area contributed by atoms with Gasteiger partial charge in [-0.2, -0.15) is 0 Å². The molecule has 0 spiro atoms. The maximum atomic E-state index is 11.9. The van der Waals surface area contributed by atoms with Crippen LogP contribution in [0.1, 0.15) is 44.1 Å². The van der Waals surface area contributed by atoms with Gasteiger partial charge in [-0.15, -0.1) is 0 Å². The van der Waals surface area contributed by atoms with Gasteiger partial charge in [-0.3, -0.25) is 14.9 Å². The second kappa shape index (κ2) is 9.25. The average Bonchev–Trinajstić information content (AvgIpc) is 2.56. The van der Waals surface area contributed by atoms with E-state index in [1.807, 2.05) is 0 Å². The van der Waals surface area contributed by atoms with Gasteiger partial charge in [-0.25, -0.2) is 0 Å². The molecule has 0 bridgehead atoms. The molecule has 0 heterocycles. The summed E-state index contributed by atoms with van der Waals surface area (Å²) in [5, 5.41) is 13.7. The van der Waals surface area contributed by atoms with Crippen molar-refractivity contribution in [2.24, 2.45) is 0 Å². The van der Waals surface area contributed by atoms with Crippen molar-refractivity contribution in [2.45, 2.75) is 51.0 Å². The normalized spacial score (nSPS) is 15.3. The first kappa shape index (κ1) is 17.4. The van der Waals surface area contributed by atoms with Crippen molar-refractivity contribution in [3.05, 3.63) is 39.9 Å². The molecule has 0 unspecified atom stereocenters. The minimum atomic E-state index is -0.458. The molecule has 0 atom stereocenters. The van der Waals surface area contributed by atoms with E-state index in [1.165, 1.54) is 25.3 Å². The summed E-state index contributed by atoms with van der Waals surface area (Å²) < 4.78 is 5.79. The minimum Gasteiger partial charge on any atom is -0.378 e. The van der Waals surface area contributed by atoms with Gasteiger partial charge < -0.3 is 10.1 Å². The van der Waals surface area contributed by atoms with Gasteiger partial charge in [0.25, 0.3) is 5.69 Å². The van der Waals surface area contributed by atoms with Crippen LogP contribution in [0.2, 0.25) is 0 Å². The molecule has 1 saturated carbocycles. The van der Waals surface area contributed by atoms with Gasteiger partial charge in [-0.1, -0.05) is 37.5 Å². The molecule has 1 amide bonds. The Labute approximate surface area is 136 Å². The zero-order valence-electron chi connectivity index (χ0n) is 13.3. The van der Waals surface area contributed by atoms with Crippen LogP contribution in [0.4, 0.5) is 5.69 Å². The third kappa shape index (κ3) is 5.98. The molecule has 2 rings (SSSR count). The highest BCUT2D eigenvalue weighted by molar-refractivity contribution is 5.79. The van der Waals surface area contributed by atoms with Gasteiger partial charge in [0.05, 0.1) is 17.4 Å². The highest BCUT2D eigenvalue weighted by atomic mass is 16.6. The number of rotatable bonds is 8. The van der Waals surface area contributed by atoms with Crippen LogP contribution in [0.15, 0.2) is 24.3 Å². The largest absolute Gasteiger partial charge is 0.378 e. The molecule has 6 heteroatoms. The first-order chi connectivity index (χ1) is 11.2. The van der Waals surface area contributed by atoms with Crippen LogP contribution in [0.5, 0.6) is 0 Å². The van der Waals surface area contributed by atoms with Crippen LogP contribution in [-0.2, 0) is 16.0 Å². The predicted molar refractivity (Wildman–Crippen MR) is 87.3 cm³/mol. The van der Waals surface area contributed by atoms with E-state index in [9.17, 15) is 14.9 Å². The molecule has 126 valence electrons. The van der Waals surface area contributed by atoms with Crippen molar-refractivity contribution in [1.82, 2.24) is 5.32 Å². The van der Waals surface area contributed by atoms with E-state index in [-0.39, 0.29) is 18.0 Å². The molecule has 0 saturated heterocycles. The SMILES string of the molecule is O=C(Cc1ccccc1[N+](=O)[O-])NCCCOC1CCCCC1. The summed E-state index contributed by atoms with van der Waals surface area (Å²) in [5.74, 6) is -0.197. The van der Waals surface area contributed by atoms with E-state index >= 15 is 0 Å². The van der Waals surface area contributed by atoms with Gasteiger partial charge in [0.1, 0.15) is 0 Å².